The Hall–Kier alpha value is -3.64. The largest absolute Gasteiger partial charge is 0.484 e. The number of benzene rings is 3. The molecule has 0 fully saturated rings. The van der Waals surface area contributed by atoms with Crippen molar-refractivity contribution in [1.29, 1.82) is 0 Å². The zero-order valence-corrected chi connectivity index (χ0v) is 16.7. The Balaban J connectivity index is 1.48. The molecule has 2 amide bonds. The molecule has 154 valence electrons. The van der Waals surface area contributed by atoms with Crippen LogP contribution in [0.1, 0.15) is 22.8 Å². The molecule has 3 aromatic carbocycles. The molecule has 3 aromatic rings. The number of aryl methyl sites for hydroxylation is 1. The molecule has 0 aliphatic carbocycles. The van der Waals surface area contributed by atoms with Crippen molar-refractivity contribution in [3.63, 3.8) is 0 Å². The molecule has 0 bridgehead atoms. The van der Waals surface area contributed by atoms with Crippen molar-refractivity contribution < 1.29 is 19.1 Å². The second-order valence-corrected chi connectivity index (χ2v) is 6.71. The number of hydrazine groups is 1. The number of hydrogen-bond donors (Lipinski definition) is 2. The van der Waals surface area contributed by atoms with Gasteiger partial charge in [0.2, 0.25) is 0 Å². The van der Waals surface area contributed by atoms with Gasteiger partial charge in [-0.05, 0) is 35.7 Å². The van der Waals surface area contributed by atoms with E-state index in [1.165, 1.54) is 0 Å². The SMILES string of the molecule is Cc1cccc(OCC(=O)NNC(=O)COC(c2ccccc2)c2ccccc2)c1. The third-order valence-electron chi connectivity index (χ3n) is 4.29. The molecule has 3 rings (SSSR count). The number of rotatable bonds is 8. The van der Waals surface area contributed by atoms with Crippen molar-refractivity contribution >= 4 is 11.8 Å². The first-order valence-corrected chi connectivity index (χ1v) is 9.60. The van der Waals surface area contributed by atoms with Gasteiger partial charge in [-0.25, -0.2) is 0 Å². The third kappa shape index (κ3) is 6.46. The van der Waals surface area contributed by atoms with Crippen LogP contribution in [-0.2, 0) is 14.3 Å². The average Bonchev–Trinajstić information content (AvgIpc) is 2.78. The summed E-state index contributed by atoms with van der Waals surface area (Å²) in [6.45, 7) is 1.51. The Morgan fingerprint density at radius 2 is 1.33 bits per heavy atom. The van der Waals surface area contributed by atoms with E-state index in [1.54, 1.807) is 6.07 Å². The van der Waals surface area contributed by atoms with Gasteiger partial charge in [0.1, 0.15) is 18.5 Å². The van der Waals surface area contributed by atoms with Crippen molar-refractivity contribution in [3.8, 4) is 5.75 Å². The van der Waals surface area contributed by atoms with E-state index in [9.17, 15) is 9.59 Å². The van der Waals surface area contributed by atoms with Crippen LogP contribution in [0, 0.1) is 6.92 Å². The summed E-state index contributed by atoms with van der Waals surface area (Å²) in [5.41, 5.74) is 7.58. The van der Waals surface area contributed by atoms with E-state index in [2.05, 4.69) is 10.9 Å². The fourth-order valence-corrected chi connectivity index (χ4v) is 2.87. The van der Waals surface area contributed by atoms with Crippen LogP contribution in [0.25, 0.3) is 0 Å². The van der Waals surface area contributed by atoms with Gasteiger partial charge in [0.15, 0.2) is 6.61 Å². The number of ether oxygens (including phenoxy) is 2. The molecule has 0 saturated heterocycles. The van der Waals surface area contributed by atoms with Gasteiger partial charge in [-0.15, -0.1) is 0 Å². The maximum Gasteiger partial charge on any atom is 0.276 e. The Bertz CT molecular complexity index is 922. The molecule has 6 heteroatoms. The monoisotopic (exact) mass is 404 g/mol. The fourth-order valence-electron chi connectivity index (χ4n) is 2.87. The number of amides is 2. The summed E-state index contributed by atoms with van der Waals surface area (Å²) in [6, 6.07) is 26.7. The molecule has 0 unspecified atom stereocenters. The Morgan fingerprint density at radius 1 is 0.767 bits per heavy atom. The van der Waals surface area contributed by atoms with Crippen LogP contribution in [0.2, 0.25) is 0 Å². The topological polar surface area (TPSA) is 76.7 Å². The predicted octanol–water partition coefficient (Wildman–Crippen LogP) is 3.33. The Morgan fingerprint density at radius 3 is 1.90 bits per heavy atom. The van der Waals surface area contributed by atoms with Crippen LogP contribution in [-0.4, -0.2) is 25.0 Å². The molecular formula is C24H24N2O4. The smallest absolute Gasteiger partial charge is 0.276 e. The number of nitrogens with one attached hydrogen (secondary N) is 2. The van der Waals surface area contributed by atoms with Gasteiger partial charge in [0, 0.05) is 0 Å². The number of hydrogen-bond acceptors (Lipinski definition) is 4. The average molecular weight is 404 g/mol. The lowest BCUT2D eigenvalue weighted by molar-refractivity contribution is -0.133. The third-order valence-corrected chi connectivity index (χ3v) is 4.29. The van der Waals surface area contributed by atoms with Crippen molar-refractivity contribution in [2.24, 2.45) is 0 Å². The maximum atomic E-state index is 12.1. The molecule has 6 nitrogen and oxygen atoms in total. The van der Waals surface area contributed by atoms with Crippen LogP contribution in [0.4, 0.5) is 0 Å². The standard InChI is InChI=1S/C24H24N2O4/c1-18-9-8-14-21(15-18)29-16-22(27)25-26-23(28)17-30-24(19-10-4-2-5-11-19)20-12-6-3-7-13-20/h2-15,24H,16-17H2,1H3,(H,25,27)(H,26,28). The van der Waals surface area contributed by atoms with Gasteiger partial charge in [0.05, 0.1) is 0 Å². The first-order valence-electron chi connectivity index (χ1n) is 9.60. The Labute approximate surface area is 175 Å². The first-order chi connectivity index (χ1) is 14.6. The molecular weight excluding hydrogens is 380 g/mol. The van der Waals surface area contributed by atoms with Gasteiger partial charge in [-0.1, -0.05) is 72.8 Å². The molecule has 2 N–H and O–H groups in total. The number of carbonyl (C=O) groups excluding carboxylic acids is 2. The zero-order chi connectivity index (χ0) is 21.2. The van der Waals surface area contributed by atoms with E-state index in [0.717, 1.165) is 16.7 Å². The van der Waals surface area contributed by atoms with Crippen molar-refractivity contribution in [2.75, 3.05) is 13.2 Å². The summed E-state index contributed by atoms with van der Waals surface area (Å²) >= 11 is 0. The molecule has 0 heterocycles. The fraction of sp³-hybridized carbons (Fsp3) is 0.167. The van der Waals surface area contributed by atoms with Crippen LogP contribution in [0.15, 0.2) is 84.9 Å². The summed E-state index contributed by atoms with van der Waals surface area (Å²) in [6.07, 6.45) is -0.390. The molecule has 0 aromatic heterocycles. The molecule has 0 radical (unpaired) electrons. The summed E-state index contributed by atoms with van der Waals surface area (Å²) in [4.78, 5) is 24.0. The highest BCUT2D eigenvalue weighted by atomic mass is 16.5. The molecule has 0 aliphatic rings. The van der Waals surface area contributed by atoms with E-state index in [0.29, 0.717) is 5.75 Å². The van der Waals surface area contributed by atoms with E-state index in [4.69, 9.17) is 9.47 Å². The second kappa shape index (κ2) is 10.8. The highest BCUT2D eigenvalue weighted by molar-refractivity contribution is 5.83. The minimum absolute atomic E-state index is 0.207. The van der Waals surface area contributed by atoms with Crippen molar-refractivity contribution in [2.45, 2.75) is 13.0 Å². The number of carbonyl (C=O) groups is 2. The normalized spacial score (nSPS) is 10.5. The van der Waals surface area contributed by atoms with Gasteiger partial charge in [0.25, 0.3) is 11.8 Å². The summed E-state index contributed by atoms with van der Waals surface area (Å²) in [5, 5.41) is 0. The van der Waals surface area contributed by atoms with Crippen LogP contribution in [0.5, 0.6) is 5.75 Å². The van der Waals surface area contributed by atoms with Gasteiger partial charge < -0.3 is 9.47 Å². The maximum absolute atomic E-state index is 12.1. The molecule has 0 spiro atoms. The van der Waals surface area contributed by atoms with E-state index >= 15 is 0 Å². The molecule has 30 heavy (non-hydrogen) atoms. The predicted molar refractivity (Wildman–Crippen MR) is 114 cm³/mol. The lowest BCUT2D eigenvalue weighted by atomic mass is 10.0. The minimum Gasteiger partial charge on any atom is -0.484 e. The van der Waals surface area contributed by atoms with Gasteiger partial charge >= 0.3 is 0 Å². The highest BCUT2D eigenvalue weighted by Crippen LogP contribution is 2.25. The Kier molecular flexibility index (Phi) is 7.58. The summed E-state index contributed by atoms with van der Waals surface area (Å²) < 4.78 is 11.3. The van der Waals surface area contributed by atoms with Crippen LogP contribution < -0.4 is 15.6 Å². The van der Waals surface area contributed by atoms with Crippen molar-refractivity contribution in [3.05, 3.63) is 102 Å². The van der Waals surface area contributed by atoms with Gasteiger partial charge in [-0.2, -0.15) is 0 Å². The molecule has 0 atom stereocenters. The molecule has 0 aliphatic heterocycles. The van der Waals surface area contributed by atoms with E-state index in [-0.39, 0.29) is 13.2 Å². The lowest BCUT2D eigenvalue weighted by Gasteiger charge is -2.19. The van der Waals surface area contributed by atoms with Crippen LogP contribution >= 0.6 is 0 Å². The highest BCUT2D eigenvalue weighted by Gasteiger charge is 2.16. The lowest BCUT2D eigenvalue weighted by Crippen LogP contribution is -2.45. The van der Waals surface area contributed by atoms with E-state index < -0.39 is 17.9 Å². The first kappa shape index (κ1) is 21.1. The van der Waals surface area contributed by atoms with Crippen molar-refractivity contribution in [1.82, 2.24) is 10.9 Å². The molecule has 0 saturated carbocycles. The van der Waals surface area contributed by atoms with E-state index in [1.807, 2.05) is 85.8 Å². The summed E-state index contributed by atoms with van der Waals surface area (Å²) in [7, 11) is 0. The second-order valence-electron chi connectivity index (χ2n) is 6.71. The minimum atomic E-state index is -0.465. The van der Waals surface area contributed by atoms with Gasteiger partial charge in [-0.3, -0.25) is 20.4 Å². The van der Waals surface area contributed by atoms with Crippen LogP contribution in [0.3, 0.4) is 0 Å². The summed E-state index contributed by atoms with van der Waals surface area (Å²) in [5.74, 6) is -0.336. The quantitative estimate of drug-likeness (QED) is 0.565. The zero-order valence-electron chi connectivity index (χ0n) is 16.7.